The van der Waals surface area contributed by atoms with Crippen LogP contribution in [0.2, 0.25) is 0 Å². The standard InChI is InChI=1S/C16H26O/c17-16(15-7-3-1-2-4-8-15)11-5-6-14(12-16)13-9-10-13/h7,13-14,17H,1-6,8-12H2. The summed E-state index contributed by atoms with van der Waals surface area (Å²) >= 11 is 0. The number of aliphatic hydroxyl groups is 1. The molecule has 0 heterocycles. The third-order valence-corrected chi connectivity index (χ3v) is 5.19. The van der Waals surface area contributed by atoms with E-state index >= 15 is 0 Å². The molecule has 2 saturated carbocycles. The molecule has 1 N–H and O–H groups in total. The first-order valence-electron chi connectivity index (χ1n) is 7.70. The Hall–Kier alpha value is -0.300. The molecule has 3 aliphatic rings. The highest BCUT2D eigenvalue weighted by Crippen LogP contribution is 2.49. The van der Waals surface area contributed by atoms with Crippen molar-refractivity contribution in [2.45, 2.75) is 76.2 Å². The van der Waals surface area contributed by atoms with Gasteiger partial charge in [-0.2, -0.15) is 0 Å². The second kappa shape index (κ2) is 4.76. The van der Waals surface area contributed by atoms with Gasteiger partial charge in [-0.1, -0.05) is 12.5 Å². The lowest BCUT2D eigenvalue weighted by atomic mass is 9.71. The lowest BCUT2D eigenvalue weighted by molar-refractivity contribution is 0.00958. The number of hydrogen-bond donors (Lipinski definition) is 1. The molecule has 0 aliphatic heterocycles. The van der Waals surface area contributed by atoms with E-state index in [0.717, 1.165) is 31.1 Å². The first-order chi connectivity index (χ1) is 8.28. The van der Waals surface area contributed by atoms with E-state index in [9.17, 15) is 5.11 Å². The van der Waals surface area contributed by atoms with Gasteiger partial charge in [0.15, 0.2) is 0 Å². The third kappa shape index (κ3) is 2.59. The summed E-state index contributed by atoms with van der Waals surface area (Å²) in [5, 5.41) is 11.0. The van der Waals surface area contributed by atoms with Gasteiger partial charge in [0.05, 0.1) is 5.60 Å². The average molecular weight is 234 g/mol. The minimum Gasteiger partial charge on any atom is -0.386 e. The van der Waals surface area contributed by atoms with E-state index in [-0.39, 0.29) is 0 Å². The van der Waals surface area contributed by atoms with Crippen molar-refractivity contribution in [2.75, 3.05) is 0 Å². The van der Waals surface area contributed by atoms with Gasteiger partial charge in [0.1, 0.15) is 0 Å². The summed E-state index contributed by atoms with van der Waals surface area (Å²) < 4.78 is 0. The fourth-order valence-corrected chi connectivity index (χ4v) is 3.99. The van der Waals surface area contributed by atoms with Gasteiger partial charge < -0.3 is 5.11 Å². The van der Waals surface area contributed by atoms with E-state index in [1.807, 2.05) is 0 Å². The molecule has 1 nitrogen and oxygen atoms in total. The van der Waals surface area contributed by atoms with Crippen molar-refractivity contribution in [1.29, 1.82) is 0 Å². The first kappa shape index (κ1) is 11.8. The molecule has 17 heavy (non-hydrogen) atoms. The Balaban J connectivity index is 1.71. The molecule has 0 saturated heterocycles. The lowest BCUT2D eigenvalue weighted by Crippen LogP contribution is -2.37. The molecule has 0 radical (unpaired) electrons. The Morgan fingerprint density at radius 2 is 1.88 bits per heavy atom. The highest BCUT2D eigenvalue weighted by Gasteiger charge is 2.42. The molecule has 0 aromatic carbocycles. The summed E-state index contributed by atoms with van der Waals surface area (Å²) in [6.45, 7) is 0. The van der Waals surface area contributed by atoms with E-state index in [4.69, 9.17) is 0 Å². The van der Waals surface area contributed by atoms with Crippen LogP contribution in [0, 0.1) is 11.8 Å². The number of hydrogen-bond acceptors (Lipinski definition) is 1. The second-order valence-corrected chi connectivity index (χ2v) is 6.55. The van der Waals surface area contributed by atoms with Crippen molar-refractivity contribution in [2.24, 2.45) is 11.8 Å². The van der Waals surface area contributed by atoms with Crippen molar-refractivity contribution >= 4 is 0 Å². The molecule has 2 unspecified atom stereocenters. The smallest absolute Gasteiger partial charge is 0.0859 e. The molecule has 2 fully saturated rings. The van der Waals surface area contributed by atoms with Gasteiger partial charge in [0.25, 0.3) is 0 Å². The van der Waals surface area contributed by atoms with Crippen LogP contribution < -0.4 is 0 Å². The van der Waals surface area contributed by atoms with Gasteiger partial charge in [-0.25, -0.2) is 0 Å². The largest absolute Gasteiger partial charge is 0.386 e. The van der Waals surface area contributed by atoms with E-state index in [1.54, 1.807) is 0 Å². The zero-order valence-electron chi connectivity index (χ0n) is 11.0. The van der Waals surface area contributed by atoms with Gasteiger partial charge in [-0.3, -0.25) is 0 Å². The summed E-state index contributed by atoms with van der Waals surface area (Å²) in [5.41, 5.74) is 0.996. The maximum Gasteiger partial charge on any atom is 0.0859 e. The Labute approximate surface area is 105 Å². The molecular weight excluding hydrogens is 208 g/mol. The molecule has 96 valence electrons. The Kier molecular flexibility index (Phi) is 3.30. The third-order valence-electron chi connectivity index (χ3n) is 5.19. The van der Waals surface area contributed by atoms with Gasteiger partial charge in [0.2, 0.25) is 0 Å². The fraction of sp³-hybridized carbons (Fsp3) is 0.875. The van der Waals surface area contributed by atoms with Crippen LogP contribution in [0.4, 0.5) is 0 Å². The normalized spacial score (nSPS) is 39.6. The van der Waals surface area contributed by atoms with Crippen molar-refractivity contribution < 1.29 is 5.11 Å². The van der Waals surface area contributed by atoms with Crippen molar-refractivity contribution in [3.63, 3.8) is 0 Å². The maximum absolute atomic E-state index is 11.0. The van der Waals surface area contributed by atoms with Crippen LogP contribution in [-0.4, -0.2) is 10.7 Å². The van der Waals surface area contributed by atoms with E-state index in [0.29, 0.717) is 0 Å². The first-order valence-corrected chi connectivity index (χ1v) is 7.70. The molecule has 0 aromatic rings. The Morgan fingerprint density at radius 3 is 2.71 bits per heavy atom. The van der Waals surface area contributed by atoms with Gasteiger partial charge in [-0.05, 0) is 81.6 Å². The summed E-state index contributed by atoms with van der Waals surface area (Å²) in [7, 11) is 0. The molecule has 1 heteroatoms. The molecule has 0 amide bonds. The predicted octanol–water partition coefficient (Wildman–Crippen LogP) is 4.21. The van der Waals surface area contributed by atoms with Crippen molar-refractivity contribution in [3.8, 4) is 0 Å². The van der Waals surface area contributed by atoms with Crippen LogP contribution in [0.25, 0.3) is 0 Å². The Bertz CT molecular complexity index is 303. The van der Waals surface area contributed by atoms with Crippen LogP contribution >= 0.6 is 0 Å². The second-order valence-electron chi connectivity index (χ2n) is 6.55. The zero-order valence-corrected chi connectivity index (χ0v) is 11.0. The quantitative estimate of drug-likeness (QED) is 0.710. The monoisotopic (exact) mass is 234 g/mol. The van der Waals surface area contributed by atoms with E-state index in [2.05, 4.69) is 6.08 Å². The lowest BCUT2D eigenvalue weighted by Gasteiger charge is -2.39. The average Bonchev–Trinajstić information content (AvgIpc) is 3.17. The summed E-state index contributed by atoms with van der Waals surface area (Å²) in [4.78, 5) is 0. The van der Waals surface area contributed by atoms with Crippen molar-refractivity contribution in [3.05, 3.63) is 11.6 Å². The fourth-order valence-electron chi connectivity index (χ4n) is 3.99. The van der Waals surface area contributed by atoms with E-state index < -0.39 is 5.60 Å². The molecule has 3 rings (SSSR count). The van der Waals surface area contributed by atoms with Crippen LogP contribution in [0.1, 0.15) is 70.6 Å². The van der Waals surface area contributed by atoms with E-state index in [1.165, 1.54) is 56.9 Å². The van der Waals surface area contributed by atoms with Gasteiger partial charge in [-0.15, -0.1) is 0 Å². The number of rotatable bonds is 2. The molecule has 0 aromatic heterocycles. The molecule has 0 spiro atoms. The highest BCUT2D eigenvalue weighted by atomic mass is 16.3. The Morgan fingerprint density at radius 1 is 1.00 bits per heavy atom. The minimum absolute atomic E-state index is 0.407. The van der Waals surface area contributed by atoms with Crippen LogP contribution in [0.15, 0.2) is 11.6 Å². The van der Waals surface area contributed by atoms with Gasteiger partial charge in [0, 0.05) is 0 Å². The predicted molar refractivity (Wildman–Crippen MR) is 70.8 cm³/mol. The van der Waals surface area contributed by atoms with Crippen LogP contribution in [-0.2, 0) is 0 Å². The molecule has 3 aliphatic carbocycles. The van der Waals surface area contributed by atoms with Crippen LogP contribution in [0.3, 0.4) is 0 Å². The summed E-state index contributed by atoms with van der Waals surface area (Å²) in [6, 6.07) is 0. The molecular formula is C16H26O. The zero-order chi connectivity index (χ0) is 11.7. The summed E-state index contributed by atoms with van der Waals surface area (Å²) in [5.74, 6) is 1.80. The highest BCUT2D eigenvalue weighted by molar-refractivity contribution is 5.19. The van der Waals surface area contributed by atoms with Crippen LogP contribution in [0.5, 0.6) is 0 Å². The van der Waals surface area contributed by atoms with Crippen molar-refractivity contribution in [1.82, 2.24) is 0 Å². The molecule has 0 bridgehead atoms. The minimum atomic E-state index is -0.407. The topological polar surface area (TPSA) is 20.2 Å². The molecule has 2 atom stereocenters. The SMILES string of the molecule is OC1(C2=CCCCCC2)CCCC(C2CC2)C1. The number of allylic oxidation sites excluding steroid dienone is 1. The summed E-state index contributed by atoms with van der Waals surface area (Å²) in [6.07, 6.45) is 16.3. The maximum atomic E-state index is 11.0. The van der Waals surface area contributed by atoms with Gasteiger partial charge >= 0.3 is 0 Å².